The van der Waals surface area contributed by atoms with Gasteiger partial charge in [0.1, 0.15) is 11.3 Å². The van der Waals surface area contributed by atoms with Gasteiger partial charge in [-0.25, -0.2) is 9.97 Å². The fourth-order valence-electron chi connectivity index (χ4n) is 2.57. The number of aromatic nitrogens is 3. The van der Waals surface area contributed by atoms with Gasteiger partial charge in [0.2, 0.25) is 0 Å². The third-order valence-corrected chi connectivity index (χ3v) is 3.72. The summed E-state index contributed by atoms with van der Waals surface area (Å²) in [5.74, 6) is 1.33. The van der Waals surface area contributed by atoms with Gasteiger partial charge in [0.25, 0.3) is 0 Å². The zero-order valence-corrected chi connectivity index (χ0v) is 11.1. The first-order valence-corrected chi connectivity index (χ1v) is 6.86. The highest BCUT2D eigenvalue weighted by Crippen LogP contribution is 2.37. The third-order valence-electron chi connectivity index (χ3n) is 3.48. The number of fused-ring (bicyclic) bond motifs is 1. The first-order chi connectivity index (χ1) is 8.83. The summed E-state index contributed by atoms with van der Waals surface area (Å²) < 4.78 is 7.78. The zero-order chi connectivity index (χ0) is 12.5. The van der Waals surface area contributed by atoms with Crippen molar-refractivity contribution in [1.29, 1.82) is 0 Å². The highest BCUT2D eigenvalue weighted by atomic mass is 35.5. The maximum atomic E-state index is 5.98. The molecule has 0 unspecified atom stereocenters. The van der Waals surface area contributed by atoms with E-state index in [2.05, 4.69) is 14.5 Å². The summed E-state index contributed by atoms with van der Waals surface area (Å²) >= 11 is 5.98. The summed E-state index contributed by atoms with van der Waals surface area (Å²) in [6.45, 7) is 2.81. The van der Waals surface area contributed by atoms with E-state index in [9.17, 15) is 0 Å². The van der Waals surface area contributed by atoms with Crippen LogP contribution in [0.25, 0.3) is 11.2 Å². The lowest BCUT2D eigenvalue weighted by Gasteiger charge is -2.36. The van der Waals surface area contributed by atoms with E-state index in [1.165, 1.54) is 0 Å². The SMILES string of the molecule is CCOC1CC(n2c(CCl)nc3cccnc32)C1. The minimum atomic E-state index is 0.379. The maximum Gasteiger partial charge on any atom is 0.160 e. The van der Waals surface area contributed by atoms with E-state index in [0.717, 1.165) is 36.4 Å². The lowest BCUT2D eigenvalue weighted by molar-refractivity contribution is -0.0193. The molecule has 0 radical (unpaired) electrons. The van der Waals surface area contributed by atoms with Crippen molar-refractivity contribution >= 4 is 22.8 Å². The summed E-state index contributed by atoms with van der Waals surface area (Å²) in [5.41, 5.74) is 1.86. The summed E-state index contributed by atoms with van der Waals surface area (Å²) in [5, 5.41) is 0. The normalized spacial score (nSPS) is 23.2. The van der Waals surface area contributed by atoms with Crippen molar-refractivity contribution in [3.05, 3.63) is 24.2 Å². The molecular weight excluding hydrogens is 250 g/mol. The Bertz CT molecular complexity index is 548. The number of nitrogens with zero attached hydrogens (tertiary/aromatic N) is 3. The van der Waals surface area contributed by atoms with Crippen LogP contribution in [0.15, 0.2) is 18.3 Å². The molecule has 0 aliphatic heterocycles. The molecule has 1 aliphatic carbocycles. The van der Waals surface area contributed by atoms with Crippen LogP contribution in [0.1, 0.15) is 31.6 Å². The average molecular weight is 266 g/mol. The van der Waals surface area contributed by atoms with E-state index in [1.807, 2.05) is 19.1 Å². The van der Waals surface area contributed by atoms with Gasteiger partial charge >= 0.3 is 0 Å². The topological polar surface area (TPSA) is 39.9 Å². The molecule has 96 valence electrons. The molecule has 1 aliphatic rings. The van der Waals surface area contributed by atoms with Crippen LogP contribution in [0.3, 0.4) is 0 Å². The van der Waals surface area contributed by atoms with Crippen molar-refractivity contribution in [3.8, 4) is 0 Å². The van der Waals surface area contributed by atoms with Gasteiger partial charge in [-0.15, -0.1) is 11.6 Å². The molecule has 0 N–H and O–H groups in total. The van der Waals surface area contributed by atoms with Gasteiger partial charge in [0.05, 0.1) is 12.0 Å². The van der Waals surface area contributed by atoms with Crippen LogP contribution < -0.4 is 0 Å². The van der Waals surface area contributed by atoms with Crippen LogP contribution in [0.2, 0.25) is 0 Å². The van der Waals surface area contributed by atoms with Gasteiger partial charge < -0.3 is 9.30 Å². The largest absolute Gasteiger partial charge is 0.378 e. The fourth-order valence-corrected chi connectivity index (χ4v) is 2.76. The molecule has 2 aromatic heterocycles. The highest BCUT2D eigenvalue weighted by molar-refractivity contribution is 6.16. The molecule has 18 heavy (non-hydrogen) atoms. The minimum absolute atomic E-state index is 0.379. The van der Waals surface area contributed by atoms with Crippen LogP contribution in [0, 0.1) is 0 Å². The average Bonchev–Trinajstić information content (AvgIpc) is 2.71. The third kappa shape index (κ3) is 1.89. The summed E-state index contributed by atoms with van der Waals surface area (Å²) in [7, 11) is 0. The highest BCUT2D eigenvalue weighted by Gasteiger charge is 2.33. The molecule has 0 spiro atoms. The number of rotatable bonds is 4. The predicted molar refractivity (Wildman–Crippen MR) is 70.8 cm³/mol. The molecular formula is C13H16ClN3O. The van der Waals surface area contributed by atoms with Crippen molar-refractivity contribution in [3.63, 3.8) is 0 Å². The second-order valence-electron chi connectivity index (χ2n) is 4.58. The van der Waals surface area contributed by atoms with E-state index in [-0.39, 0.29) is 0 Å². The Hall–Kier alpha value is -1.13. The number of imidazole rings is 1. The van der Waals surface area contributed by atoms with Crippen LogP contribution in [0.5, 0.6) is 0 Å². The Balaban J connectivity index is 1.91. The summed E-state index contributed by atoms with van der Waals surface area (Å²) in [6, 6.07) is 4.31. The standard InChI is InChI=1S/C13H16ClN3O/c1-2-18-10-6-9(7-10)17-12(8-14)16-11-4-3-5-15-13(11)17/h3-5,9-10H,2,6-8H2,1H3. The van der Waals surface area contributed by atoms with Gasteiger partial charge in [-0.2, -0.15) is 0 Å². The molecule has 0 amide bonds. The molecule has 1 saturated carbocycles. The molecule has 1 fully saturated rings. The number of alkyl halides is 1. The van der Waals surface area contributed by atoms with Crippen LogP contribution in [-0.4, -0.2) is 27.2 Å². The number of hydrogen-bond donors (Lipinski definition) is 0. The van der Waals surface area contributed by atoms with Crippen LogP contribution in [0.4, 0.5) is 0 Å². The number of ether oxygens (including phenoxy) is 1. The monoisotopic (exact) mass is 265 g/mol. The lowest BCUT2D eigenvalue weighted by atomic mass is 9.89. The molecule has 5 heteroatoms. The van der Waals surface area contributed by atoms with Gasteiger partial charge in [-0.05, 0) is 31.9 Å². The summed E-state index contributed by atoms with van der Waals surface area (Å²) in [4.78, 5) is 8.96. The second-order valence-corrected chi connectivity index (χ2v) is 4.85. The smallest absolute Gasteiger partial charge is 0.160 e. The fraction of sp³-hybridized carbons (Fsp3) is 0.538. The zero-order valence-electron chi connectivity index (χ0n) is 10.3. The maximum absolute atomic E-state index is 5.98. The Morgan fingerprint density at radius 3 is 3.06 bits per heavy atom. The predicted octanol–water partition coefficient (Wildman–Crippen LogP) is 2.91. The van der Waals surface area contributed by atoms with E-state index in [4.69, 9.17) is 16.3 Å². The van der Waals surface area contributed by atoms with Crippen molar-refractivity contribution in [1.82, 2.24) is 14.5 Å². The van der Waals surface area contributed by atoms with E-state index in [1.54, 1.807) is 6.20 Å². The van der Waals surface area contributed by atoms with Crippen molar-refractivity contribution in [2.45, 2.75) is 37.8 Å². The minimum Gasteiger partial charge on any atom is -0.378 e. The lowest BCUT2D eigenvalue weighted by Crippen LogP contribution is -2.34. The Kier molecular flexibility index (Phi) is 3.22. The first kappa shape index (κ1) is 11.9. The van der Waals surface area contributed by atoms with Gasteiger partial charge in [-0.1, -0.05) is 0 Å². The first-order valence-electron chi connectivity index (χ1n) is 6.33. The number of hydrogen-bond acceptors (Lipinski definition) is 3. The van der Waals surface area contributed by atoms with Crippen LogP contribution in [-0.2, 0) is 10.6 Å². The van der Waals surface area contributed by atoms with E-state index in [0.29, 0.717) is 18.0 Å². The molecule has 0 saturated heterocycles. The van der Waals surface area contributed by atoms with Crippen molar-refractivity contribution < 1.29 is 4.74 Å². The van der Waals surface area contributed by atoms with Gasteiger partial charge in [0.15, 0.2) is 5.65 Å². The molecule has 2 aromatic rings. The molecule has 2 heterocycles. The summed E-state index contributed by atoms with van der Waals surface area (Å²) in [6.07, 6.45) is 4.24. The van der Waals surface area contributed by atoms with Crippen molar-refractivity contribution in [2.24, 2.45) is 0 Å². The van der Waals surface area contributed by atoms with Gasteiger partial charge in [-0.3, -0.25) is 0 Å². The van der Waals surface area contributed by atoms with Gasteiger partial charge in [0, 0.05) is 18.8 Å². The number of halogens is 1. The Morgan fingerprint density at radius 1 is 1.50 bits per heavy atom. The quantitative estimate of drug-likeness (QED) is 0.798. The molecule has 0 aromatic carbocycles. The van der Waals surface area contributed by atoms with E-state index < -0.39 is 0 Å². The van der Waals surface area contributed by atoms with Crippen LogP contribution >= 0.6 is 11.6 Å². The molecule has 4 nitrogen and oxygen atoms in total. The number of pyridine rings is 1. The molecule has 0 atom stereocenters. The molecule has 0 bridgehead atoms. The molecule has 3 rings (SSSR count). The second kappa shape index (κ2) is 4.86. The Morgan fingerprint density at radius 2 is 2.33 bits per heavy atom. The Labute approximate surface area is 111 Å². The van der Waals surface area contributed by atoms with E-state index >= 15 is 0 Å². The van der Waals surface area contributed by atoms with Crippen molar-refractivity contribution in [2.75, 3.05) is 6.61 Å².